The lowest BCUT2D eigenvalue weighted by Gasteiger charge is -2.16. The molecule has 2 atom stereocenters. The molecular formula is C10H24O4P2S3. The molecule has 9 heteroatoms. The van der Waals surface area contributed by atoms with Crippen molar-refractivity contribution in [3.8, 4) is 0 Å². The summed E-state index contributed by atoms with van der Waals surface area (Å²) in [5.41, 5.74) is 0. The third-order valence-electron chi connectivity index (χ3n) is 2.09. The first-order valence-corrected chi connectivity index (χ1v) is 14.2. The van der Waals surface area contributed by atoms with Crippen LogP contribution in [0.5, 0.6) is 0 Å². The van der Waals surface area contributed by atoms with Gasteiger partial charge in [0.2, 0.25) is 0 Å². The summed E-state index contributed by atoms with van der Waals surface area (Å²) in [5, 5.41) is 1.38. The molecular weight excluding hydrogens is 342 g/mol. The first-order chi connectivity index (χ1) is 8.95. The van der Waals surface area contributed by atoms with Gasteiger partial charge < -0.3 is 9.05 Å². The molecule has 0 bridgehead atoms. The maximum Gasteiger partial charge on any atom is 0.258 e. The van der Waals surface area contributed by atoms with Gasteiger partial charge >= 0.3 is 0 Å². The Kier molecular flexibility index (Phi) is 11.9. The normalized spacial score (nSPS) is 17.9. The van der Waals surface area contributed by atoms with Gasteiger partial charge in [-0.15, -0.1) is 11.8 Å². The summed E-state index contributed by atoms with van der Waals surface area (Å²) in [7, 11) is 0. The molecule has 0 saturated heterocycles. The summed E-state index contributed by atoms with van der Waals surface area (Å²) in [6.07, 6.45) is 1.09. The minimum absolute atomic E-state index is 0.479. The Balaban J connectivity index is 3.92. The molecule has 0 aliphatic heterocycles. The average Bonchev–Trinajstić information content (AvgIpc) is 2.39. The zero-order chi connectivity index (χ0) is 14.8. The van der Waals surface area contributed by atoms with Crippen LogP contribution in [0.2, 0.25) is 0 Å². The van der Waals surface area contributed by atoms with Gasteiger partial charge in [0.15, 0.2) is 0 Å². The van der Waals surface area contributed by atoms with Crippen molar-refractivity contribution in [3.05, 3.63) is 0 Å². The van der Waals surface area contributed by atoms with Crippen molar-refractivity contribution in [2.75, 3.05) is 35.7 Å². The maximum absolute atomic E-state index is 12.1. The van der Waals surface area contributed by atoms with Gasteiger partial charge in [-0.3, -0.25) is 9.13 Å². The van der Waals surface area contributed by atoms with Crippen LogP contribution in [-0.2, 0) is 18.2 Å². The minimum atomic E-state index is -2.51. The van der Waals surface area contributed by atoms with Crippen LogP contribution in [-0.4, -0.2) is 35.7 Å². The van der Waals surface area contributed by atoms with Crippen molar-refractivity contribution in [3.63, 3.8) is 0 Å². The number of hydrogen-bond acceptors (Lipinski definition) is 7. The van der Waals surface area contributed by atoms with Gasteiger partial charge in [0.1, 0.15) is 0 Å². The van der Waals surface area contributed by atoms with Crippen LogP contribution in [0.15, 0.2) is 0 Å². The predicted molar refractivity (Wildman–Crippen MR) is 92.1 cm³/mol. The molecule has 0 spiro atoms. The van der Waals surface area contributed by atoms with Gasteiger partial charge in [-0.05, 0) is 13.8 Å². The number of hydrogen-bond donors (Lipinski definition) is 0. The molecule has 0 aromatic rings. The molecule has 0 radical (unpaired) electrons. The van der Waals surface area contributed by atoms with Gasteiger partial charge in [0.05, 0.1) is 13.2 Å². The fraction of sp³-hybridized carbons (Fsp3) is 1.00. The third kappa shape index (κ3) is 9.13. The average molecular weight is 366 g/mol. The lowest BCUT2D eigenvalue weighted by molar-refractivity contribution is 0.346. The van der Waals surface area contributed by atoms with Crippen LogP contribution in [0.3, 0.4) is 0 Å². The standard InChI is InChI=1S/C10H24O4P2S3/c1-5-13-15(11,7-3)18-9-17-10-19-16(12,8-4)14-6-2/h5-10H2,1-4H3. The third-order valence-corrected chi connectivity index (χ3v) is 14.3. The molecule has 4 nitrogen and oxygen atoms in total. The van der Waals surface area contributed by atoms with Crippen LogP contribution in [0.25, 0.3) is 0 Å². The highest BCUT2D eigenvalue weighted by molar-refractivity contribution is 8.61. The summed E-state index contributed by atoms with van der Waals surface area (Å²) in [6, 6.07) is 0. The van der Waals surface area contributed by atoms with Gasteiger partial charge in [0.25, 0.3) is 13.1 Å². The monoisotopic (exact) mass is 366 g/mol. The topological polar surface area (TPSA) is 52.6 Å². The molecule has 0 rings (SSSR count). The molecule has 2 unspecified atom stereocenters. The van der Waals surface area contributed by atoms with Gasteiger partial charge in [-0.2, -0.15) is 0 Å². The Morgan fingerprint density at radius 1 is 0.789 bits per heavy atom. The molecule has 19 heavy (non-hydrogen) atoms. The van der Waals surface area contributed by atoms with Crippen molar-refractivity contribution >= 4 is 47.7 Å². The van der Waals surface area contributed by atoms with E-state index in [0.29, 0.717) is 35.7 Å². The molecule has 0 aliphatic rings. The molecule has 0 saturated carbocycles. The van der Waals surface area contributed by atoms with Crippen LogP contribution in [0.4, 0.5) is 0 Å². The minimum Gasteiger partial charge on any atom is -0.321 e. The smallest absolute Gasteiger partial charge is 0.258 e. The summed E-state index contributed by atoms with van der Waals surface area (Å²) in [4.78, 5) is 0. The van der Waals surface area contributed by atoms with Crippen LogP contribution >= 0.6 is 47.7 Å². The quantitative estimate of drug-likeness (QED) is 0.253. The van der Waals surface area contributed by atoms with Crippen molar-refractivity contribution < 1.29 is 18.2 Å². The first kappa shape index (κ1) is 20.4. The first-order valence-electron chi connectivity index (χ1n) is 6.29. The van der Waals surface area contributed by atoms with Crippen LogP contribution in [0, 0.1) is 0 Å². The second-order valence-electron chi connectivity index (χ2n) is 3.39. The Bertz CT molecular complexity index is 298. The predicted octanol–water partition coefficient (Wildman–Crippen LogP) is 5.60. The number of rotatable bonds is 12. The summed E-state index contributed by atoms with van der Waals surface area (Å²) < 4.78 is 34.9. The second-order valence-corrected chi connectivity index (χ2v) is 15.3. The highest BCUT2D eigenvalue weighted by Gasteiger charge is 2.22. The maximum atomic E-state index is 12.1. The van der Waals surface area contributed by atoms with E-state index in [1.165, 1.54) is 22.8 Å². The van der Waals surface area contributed by atoms with E-state index in [-0.39, 0.29) is 0 Å². The van der Waals surface area contributed by atoms with Gasteiger partial charge in [-0.25, -0.2) is 0 Å². The molecule has 0 aromatic carbocycles. The van der Waals surface area contributed by atoms with E-state index < -0.39 is 13.1 Å². The highest BCUT2D eigenvalue weighted by atomic mass is 32.7. The van der Waals surface area contributed by atoms with Crippen LogP contribution < -0.4 is 0 Å². The Morgan fingerprint density at radius 2 is 1.16 bits per heavy atom. The Labute approximate surface area is 129 Å². The molecule has 0 aromatic heterocycles. The fourth-order valence-electron chi connectivity index (χ4n) is 1.10. The molecule has 0 aliphatic carbocycles. The second kappa shape index (κ2) is 11.1. The molecule has 0 N–H and O–H groups in total. The summed E-state index contributed by atoms with van der Waals surface area (Å²) in [6.45, 7) is 3.39. The van der Waals surface area contributed by atoms with Crippen molar-refractivity contribution in [1.29, 1.82) is 0 Å². The lowest BCUT2D eigenvalue weighted by Crippen LogP contribution is -1.91. The summed E-state index contributed by atoms with van der Waals surface area (Å²) in [5.74, 6) is 0. The molecule has 0 fully saturated rings. The SMILES string of the molecule is CCOP(=O)(CC)SCSCSP(=O)(CC)OCC. The lowest BCUT2D eigenvalue weighted by atomic mass is 10.9. The van der Waals surface area contributed by atoms with Crippen molar-refractivity contribution in [1.82, 2.24) is 0 Å². The van der Waals surface area contributed by atoms with E-state index in [9.17, 15) is 9.13 Å². The Hall–Kier alpha value is 1.43. The zero-order valence-electron chi connectivity index (χ0n) is 12.0. The molecule has 0 amide bonds. The van der Waals surface area contributed by atoms with Gasteiger partial charge in [-0.1, -0.05) is 36.6 Å². The van der Waals surface area contributed by atoms with E-state index in [4.69, 9.17) is 9.05 Å². The highest BCUT2D eigenvalue weighted by Crippen LogP contribution is 2.62. The largest absolute Gasteiger partial charge is 0.321 e. The molecule has 116 valence electrons. The van der Waals surface area contributed by atoms with Crippen molar-refractivity contribution in [2.24, 2.45) is 0 Å². The fourth-order valence-corrected chi connectivity index (χ4v) is 11.9. The van der Waals surface area contributed by atoms with E-state index in [2.05, 4.69) is 0 Å². The van der Waals surface area contributed by atoms with Gasteiger partial charge in [0, 0.05) is 22.5 Å². The van der Waals surface area contributed by atoms with E-state index in [1.54, 1.807) is 11.8 Å². The van der Waals surface area contributed by atoms with E-state index in [0.717, 1.165) is 0 Å². The van der Waals surface area contributed by atoms with E-state index in [1.807, 2.05) is 27.7 Å². The molecule has 0 heterocycles. The zero-order valence-corrected chi connectivity index (χ0v) is 16.2. The van der Waals surface area contributed by atoms with Crippen LogP contribution in [0.1, 0.15) is 27.7 Å². The van der Waals surface area contributed by atoms with E-state index >= 15 is 0 Å². The Morgan fingerprint density at radius 3 is 1.42 bits per heavy atom. The number of thioether (sulfide) groups is 1. The summed E-state index contributed by atoms with van der Waals surface area (Å²) >= 11 is 4.36. The van der Waals surface area contributed by atoms with Crippen molar-refractivity contribution in [2.45, 2.75) is 27.7 Å².